The number of ether oxygens (including phenoxy) is 2. The first-order chi connectivity index (χ1) is 10.5. The van der Waals surface area contributed by atoms with E-state index in [-0.39, 0.29) is 24.8 Å². The van der Waals surface area contributed by atoms with Gasteiger partial charge in [-0.1, -0.05) is 30.3 Å². The number of esters is 1. The number of hydrogen-bond donors (Lipinski definition) is 0. The van der Waals surface area contributed by atoms with Crippen LogP contribution in [0.15, 0.2) is 30.3 Å². The molecule has 0 N–H and O–H groups in total. The molecule has 6 nitrogen and oxygen atoms in total. The number of ketones is 1. The molecule has 1 heterocycles. The number of likely N-dealkylation sites (tertiary alicyclic amines) is 1. The average Bonchev–Trinajstić information content (AvgIpc) is 2.89. The number of hydrogen-bond acceptors (Lipinski definition) is 5. The number of methoxy groups -OCH3 is 1. The summed E-state index contributed by atoms with van der Waals surface area (Å²) >= 11 is 0. The Kier molecular flexibility index (Phi) is 5.14. The summed E-state index contributed by atoms with van der Waals surface area (Å²) in [5.74, 6) is -0.451. The molecular formula is C16H19NO5. The molecule has 0 spiro atoms. The van der Waals surface area contributed by atoms with Crippen molar-refractivity contribution in [3.63, 3.8) is 0 Å². The summed E-state index contributed by atoms with van der Waals surface area (Å²) in [6, 6.07) is 8.57. The largest absolute Gasteiger partial charge is 0.461 e. The summed E-state index contributed by atoms with van der Waals surface area (Å²) in [6.45, 7) is 1.57. The second-order valence-corrected chi connectivity index (χ2v) is 5.24. The lowest BCUT2D eigenvalue weighted by Gasteiger charge is -2.22. The van der Waals surface area contributed by atoms with Crippen molar-refractivity contribution in [2.75, 3.05) is 13.7 Å². The molecule has 1 aromatic rings. The van der Waals surface area contributed by atoms with Crippen LogP contribution >= 0.6 is 0 Å². The molecule has 118 valence electrons. The smallest absolute Gasteiger partial charge is 0.409 e. The summed E-state index contributed by atoms with van der Waals surface area (Å²) < 4.78 is 9.89. The number of rotatable bonds is 4. The van der Waals surface area contributed by atoms with E-state index in [4.69, 9.17) is 9.47 Å². The van der Waals surface area contributed by atoms with Crippen LogP contribution in [0.5, 0.6) is 0 Å². The molecule has 2 atom stereocenters. The molecular weight excluding hydrogens is 286 g/mol. The number of carbonyl (C=O) groups is 3. The van der Waals surface area contributed by atoms with E-state index < -0.39 is 18.2 Å². The van der Waals surface area contributed by atoms with Crippen LogP contribution in [-0.2, 0) is 14.3 Å². The van der Waals surface area contributed by atoms with Crippen molar-refractivity contribution in [3.05, 3.63) is 35.9 Å². The van der Waals surface area contributed by atoms with Gasteiger partial charge < -0.3 is 14.4 Å². The number of carbonyl (C=O) groups excluding carboxylic acids is 3. The summed E-state index contributed by atoms with van der Waals surface area (Å²) in [7, 11) is 1.29. The zero-order valence-electron chi connectivity index (χ0n) is 12.7. The molecule has 2 rings (SSSR count). The molecule has 1 aliphatic heterocycles. The molecule has 1 saturated heterocycles. The topological polar surface area (TPSA) is 72.9 Å². The molecule has 0 radical (unpaired) electrons. The zero-order valence-corrected chi connectivity index (χ0v) is 12.7. The highest BCUT2D eigenvalue weighted by Gasteiger charge is 2.38. The maximum Gasteiger partial charge on any atom is 0.409 e. The third kappa shape index (κ3) is 3.84. The van der Waals surface area contributed by atoms with E-state index in [2.05, 4.69) is 0 Å². The SMILES string of the molecule is COC(=O)N1C[C@H](OC(C)=O)C[C@@H]1CC(=O)c1ccccc1. The predicted octanol–water partition coefficient (Wildman–Crippen LogP) is 2.03. The van der Waals surface area contributed by atoms with Gasteiger partial charge in [-0.25, -0.2) is 4.79 Å². The van der Waals surface area contributed by atoms with Crippen molar-refractivity contribution in [1.82, 2.24) is 4.90 Å². The van der Waals surface area contributed by atoms with Gasteiger partial charge in [-0.05, 0) is 0 Å². The number of benzene rings is 1. The molecule has 0 aliphatic carbocycles. The van der Waals surface area contributed by atoms with E-state index >= 15 is 0 Å². The molecule has 1 amide bonds. The third-order valence-corrected chi connectivity index (χ3v) is 3.63. The zero-order chi connectivity index (χ0) is 16.1. The minimum absolute atomic E-state index is 0.0528. The van der Waals surface area contributed by atoms with Crippen molar-refractivity contribution in [1.29, 1.82) is 0 Å². The average molecular weight is 305 g/mol. The molecule has 22 heavy (non-hydrogen) atoms. The van der Waals surface area contributed by atoms with Crippen LogP contribution in [0.1, 0.15) is 30.1 Å². The molecule has 1 fully saturated rings. The quantitative estimate of drug-likeness (QED) is 0.628. The van der Waals surface area contributed by atoms with Gasteiger partial charge in [-0.3, -0.25) is 9.59 Å². The first-order valence-electron chi connectivity index (χ1n) is 7.11. The Morgan fingerprint density at radius 1 is 1.23 bits per heavy atom. The first kappa shape index (κ1) is 16.0. The summed E-state index contributed by atoms with van der Waals surface area (Å²) in [5.41, 5.74) is 0.600. The van der Waals surface area contributed by atoms with E-state index in [9.17, 15) is 14.4 Å². The van der Waals surface area contributed by atoms with Gasteiger partial charge in [0, 0.05) is 31.4 Å². The lowest BCUT2D eigenvalue weighted by atomic mass is 10.0. The van der Waals surface area contributed by atoms with Gasteiger partial charge in [-0.15, -0.1) is 0 Å². The Balaban J connectivity index is 2.07. The van der Waals surface area contributed by atoms with Crippen LogP contribution in [0.4, 0.5) is 4.79 Å². The van der Waals surface area contributed by atoms with Gasteiger partial charge >= 0.3 is 12.1 Å². The van der Waals surface area contributed by atoms with Crippen LogP contribution in [-0.4, -0.2) is 48.5 Å². The highest BCUT2D eigenvalue weighted by atomic mass is 16.6. The number of nitrogens with zero attached hydrogens (tertiary/aromatic N) is 1. The molecule has 0 bridgehead atoms. The van der Waals surface area contributed by atoms with E-state index in [0.717, 1.165) is 0 Å². The summed E-state index contributed by atoms with van der Waals surface area (Å²) in [5, 5.41) is 0. The molecule has 6 heteroatoms. The second kappa shape index (κ2) is 7.06. The fraction of sp³-hybridized carbons (Fsp3) is 0.438. The van der Waals surface area contributed by atoms with E-state index in [0.29, 0.717) is 12.0 Å². The molecule has 1 aromatic carbocycles. The van der Waals surface area contributed by atoms with Crippen molar-refractivity contribution < 1.29 is 23.9 Å². The standard InChI is InChI=1S/C16H19NO5/c1-11(18)22-14-8-13(17(10-14)16(20)21-2)9-15(19)12-6-4-3-5-7-12/h3-7,13-14H,8-10H2,1-2H3/t13-,14-/m1/s1. The van der Waals surface area contributed by atoms with Gasteiger partial charge in [0.25, 0.3) is 0 Å². The van der Waals surface area contributed by atoms with Gasteiger partial charge in [-0.2, -0.15) is 0 Å². The summed E-state index contributed by atoms with van der Waals surface area (Å²) in [6.07, 6.45) is -0.296. The predicted molar refractivity (Wildman–Crippen MR) is 78.5 cm³/mol. The fourth-order valence-electron chi connectivity index (χ4n) is 2.68. The molecule has 0 saturated carbocycles. The Bertz CT molecular complexity index is 557. The Hall–Kier alpha value is -2.37. The van der Waals surface area contributed by atoms with E-state index in [1.54, 1.807) is 24.3 Å². The van der Waals surface area contributed by atoms with Gasteiger partial charge in [0.15, 0.2) is 5.78 Å². The highest BCUT2D eigenvalue weighted by Crippen LogP contribution is 2.25. The van der Waals surface area contributed by atoms with Crippen molar-refractivity contribution in [2.45, 2.75) is 31.9 Å². The minimum Gasteiger partial charge on any atom is -0.461 e. The van der Waals surface area contributed by atoms with Crippen LogP contribution in [0, 0.1) is 0 Å². The number of amides is 1. The van der Waals surface area contributed by atoms with Crippen molar-refractivity contribution in [3.8, 4) is 0 Å². The fourth-order valence-corrected chi connectivity index (χ4v) is 2.68. The lowest BCUT2D eigenvalue weighted by Crippen LogP contribution is -2.37. The van der Waals surface area contributed by atoms with Gasteiger partial charge in [0.1, 0.15) is 6.10 Å². The molecule has 0 unspecified atom stereocenters. The molecule has 0 aromatic heterocycles. The van der Waals surface area contributed by atoms with Crippen molar-refractivity contribution in [2.24, 2.45) is 0 Å². The molecule has 1 aliphatic rings. The third-order valence-electron chi connectivity index (χ3n) is 3.63. The van der Waals surface area contributed by atoms with E-state index in [1.807, 2.05) is 6.07 Å². The monoisotopic (exact) mass is 305 g/mol. The highest BCUT2D eigenvalue weighted by molar-refractivity contribution is 5.96. The minimum atomic E-state index is -0.513. The second-order valence-electron chi connectivity index (χ2n) is 5.24. The van der Waals surface area contributed by atoms with Crippen LogP contribution in [0.25, 0.3) is 0 Å². The normalized spacial score (nSPS) is 20.5. The van der Waals surface area contributed by atoms with Crippen LogP contribution in [0.3, 0.4) is 0 Å². The first-order valence-corrected chi connectivity index (χ1v) is 7.11. The van der Waals surface area contributed by atoms with Crippen molar-refractivity contribution >= 4 is 17.8 Å². The lowest BCUT2D eigenvalue weighted by molar-refractivity contribution is -0.145. The van der Waals surface area contributed by atoms with Gasteiger partial charge in [0.2, 0.25) is 0 Å². The number of Topliss-reactive ketones (excluding diaryl/α,β-unsaturated/α-hetero) is 1. The van der Waals surface area contributed by atoms with Crippen LogP contribution < -0.4 is 0 Å². The van der Waals surface area contributed by atoms with Gasteiger partial charge in [0.05, 0.1) is 13.7 Å². The Morgan fingerprint density at radius 2 is 1.91 bits per heavy atom. The Morgan fingerprint density at radius 3 is 2.50 bits per heavy atom. The maximum atomic E-state index is 12.3. The Labute approximate surface area is 129 Å². The maximum absolute atomic E-state index is 12.3. The van der Waals surface area contributed by atoms with Crippen LogP contribution in [0.2, 0.25) is 0 Å². The summed E-state index contributed by atoms with van der Waals surface area (Å²) in [4.78, 5) is 36.7. The van der Waals surface area contributed by atoms with E-state index in [1.165, 1.54) is 18.9 Å².